The van der Waals surface area contributed by atoms with Gasteiger partial charge in [0, 0.05) is 13.1 Å². The second-order valence-electron chi connectivity index (χ2n) is 4.70. The number of carbonyl (C=O) groups is 1. The Balaban J connectivity index is 0.00000200. The highest BCUT2D eigenvalue weighted by molar-refractivity contribution is 5.85. The number of hydrogen-bond donors (Lipinski definition) is 3. The lowest BCUT2D eigenvalue weighted by molar-refractivity contribution is -0.122. The number of rotatable bonds is 5. The third kappa shape index (κ3) is 4.37. The van der Waals surface area contributed by atoms with Crippen molar-refractivity contribution < 1.29 is 14.6 Å². The van der Waals surface area contributed by atoms with Crippen molar-refractivity contribution in [2.45, 2.75) is 25.0 Å². The van der Waals surface area contributed by atoms with Gasteiger partial charge in [-0.1, -0.05) is 18.2 Å². The Kier molecular flexibility index (Phi) is 6.78. The quantitative estimate of drug-likeness (QED) is 0.740. The van der Waals surface area contributed by atoms with Gasteiger partial charge in [0.1, 0.15) is 5.75 Å². The molecule has 1 heterocycles. The summed E-state index contributed by atoms with van der Waals surface area (Å²) < 4.78 is 5.26. The largest absolute Gasteiger partial charge is 0.496 e. The van der Waals surface area contributed by atoms with Crippen molar-refractivity contribution in [3.8, 4) is 5.75 Å². The predicted octanol–water partition coefficient (Wildman–Crippen LogP) is 0.498. The van der Waals surface area contributed by atoms with E-state index in [-0.39, 0.29) is 24.4 Å². The molecule has 6 heteroatoms. The third-order valence-corrected chi connectivity index (χ3v) is 3.31. The van der Waals surface area contributed by atoms with Gasteiger partial charge in [0.25, 0.3) is 0 Å². The SMILES string of the molecule is COc1ccccc1CCNC(=O)C1CC(O)CN1.Cl. The number of ether oxygens (including phenoxy) is 1. The van der Waals surface area contributed by atoms with E-state index in [0.29, 0.717) is 19.5 Å². The van der Waals surface area contributed by atoms with Gasteiger partial charge >= 0.3 is 0 Å². The molecule has 0 aromatic heterocycles. The number of nitrogens with one attached hydrogen (secondary N) is 2. The standard InChI is InChI=1S/C14H20N2O3.ClH/c1-19-13-5-3-2-4-10(13)6-7-15-14(18)12-8-11(17)9-16-12;/h2-5,11-12,16-17H,6-9H2,1H3,(H,15,18);1H. The molecule has 3 N–H and O–H groups in total. The Bertz CT molecular complexity index is 442. The van der Waals surface area contributed by atoms with Crippen LogP contribution in [-0.4, -0.2) is 43.4 Å². The zero-order valence-corrected chi connectivity index (χ0v) is 12.3. The number of benzene rings is 1. The number of β-amino-alcohol motifs (C(OH)–C–C–N with tert-alkyl or cyclic N) is 1. The number of carbonyl (C=O) groups excluding carboxylic acids is 1. The number of aliphatic hydroxyl groups excluding tert-OH is 1. The first-order valence-electron chi connectivity index (χ1n) is 6.51. The molecular formula is C14H21ClN2O3. The molecule has 1 aromatic carbocycles. The lowest BCUT2D eigenvalue weighted by atomic mass is 10.1. The highest BCUT2D eigenvalue weighted by Gasteiger charge is 2.27. The van der Waals surface area contributed by atoms with Crippen LogP contribution >= 0.6 is 12.4 Å². The van der Waals surface area contributed by atoms with Gasteiger partial charge in [0.2, 0.25) is 5.91 Å². The normalized spacial score (nSPS) is 21.1. The fraction of sp³-hybridized carbons (Fsp3) is 0.500. The first-order chi connectivity index (χ1) is 9.20. The molecule has 0 radical (unpaired) electrons. The van der Waals surface area contributed by atoms with Gasteiger partial charge in [-0.25, -0.2) is 0 Å². The van der Waals surface area contributed by atoms with E-state index in [4.69, 9.17) is 4.74 Å². The first kappa shape index (κ1) is 16.8. The Labute approximate surface area is 125 Å². The van der Waals surface area contributed by atoms with Crippen molar-refractivity contribution in [2.24, 2.45) is 0 Å². The minimum Gasteiger partial charge on any atom is -0.496 e. The molecular weight excluding hydrogens is 280 g/mol. The van der Waals surface area contributed by atoms with Crippen LogP contribution in [0, 0.1) is 0 Å². The summed E-state index contributed by atoms with van der Waals surface area (Å²) >= 11 is 0. The summed E-state index contributed by atoms with van der Waals surface area (Å²) in [6, 6.07) is 7.50. The molecule has 1 fully saturated rings. The molecule has 1 aliphatic rings. The minimum absolute atomic E-state index is 0. The Hall–Kier alpha value is -1.30. The molecule has 2 rings (SSSR count). The Morgan fingerprint density at radius 3 is 2.90 bits per heavy atom. The van der Waals surface area contributed by atoms with Gasteiger partial charge in [0.15, 0.2) is 0 Å². The topological polar surface area (TPSA) is 70.6 Å². The monoisotopic (exact) mass is 300 g/mol. The van der Waals surface area contributed by atoms with Crippen LogP contribution in [0.4, 0.5) is 0 Å². The second kappa shape index (κ2) is 8.09. The average Bonchev–Trinajstić information content (AvgIpc) is 2.86. The number of amides is 1. The maximum atomic E-state index is 11.8. The highest BCUT2D eigenvalue weighted by Crippen LogP contribution is 2.17. The summed E-state index contributed by atoms with van der Waals surface area (Å²) in [7, 11) is 1.64. The van der Waals surface area contributed by atoms with E-state index in [0.717, 1.165) is 17.7 Å². The van der Waals surface area contributed by atoms with Gasteiger partial charge in [0.05, 0.1) is 19.3 Å². The van der Waals surface area contributed by atoms with Crippen molar-refractivity contribution in [2.75, 3.05) is 20.2 Å². The van der Waals surface area contributed by atoms with Crippen LogP contribution in [0.25, 0.3) is 0 Å². The summed E-state index contributed by atoms with van der Waals surface area (Å²) in [4.78, 5) is 11.8. The molecule has 0 bridgehead atoms. The summed E-state index contributed by atoms with van der Waals surface area (Å²) in [5.41, 5.74) is 1.07. The van der Waals surface area contributed by atoms with E-state index in [1.807, 2.05) is 24.3 Å². The maximum absolute atomic E-state index is 11.8. The number of halogens is 1. The molecule has 2 atom stereocenters. The van der Waals surface area contributed by atoms with Crippen LogP contribution in [-0.2, 0) is 11.2 Å². The lowest BCUT2D eigenvalue weighted by Crippen LogP contribution is -2.41. The van der Waals surface area contributed by atoms with Crippen LogP contribution in [0.1, 0.15) is 12.0 Å². The molecule has 5 nitrogen and oxygen atoms in total. The van der Waals surface area contributed by atoms with Crippen LogP contribution < -0.4 is 15.4 Å². The zero-order chi connectivity index (χ0) is 13.7. The smallest absolute Gasteiger partial charge is 0.237 e. The Morgan fingerprint density at radius 2 is 2.25 bits per heavy atom. The van der Waals surface area contributed by atoms with Crippen molar-refractivity contribution >= 4 is 18.3 Å². The van der Waals surface area contributed by atoms with Gasteiger partial charge in [-0.05, 0) is 24.5 Å². The van der Waals surface area contributed by atoms with E-state index in [1.54, 1.807) is 7.11 Å². The predicted molar refractivity (Wildman–Crippen MR) is 79.4 cm³/mol. The number of hydrogen-bond acceptors (Lipinski definition) is 4. The van der Waals surface area contributed by atoms with Gasteiger partial charge < -0.3 is 20.5 Å². The van der Waals surface area contributed by atoms with Crippen LogP contribution in [0.2, 0.25) is 0 Å². The van der Waals surface area contributed by atoms with Crippen LogP contribution in [0.5, 0.6) is 5.75 Å². The highest BCUT2D eigenvalue weighted by atomic mass is 35.5. The molecule has 1 aromatic rings. The van der Waals surface area contributed by atoms with Crippen LogP contribution in [0.3, 0.4) is 0 Å². The van der Waals surface area contributed by atoms with Gasteiger partial charge in [-0.2, -0.15) is 0 Å². The summed E-state index contributed by atoms with van der Waals surface area (Å²) in [6.07, 6.45) is 0.802. The molecule has 0 aliphatic carbocycles. The lowest BCUT2D eigenvalue weighted by Gasteiger charge is -2.12. The zero-order valence-electron chi connectivity index (χ0n) is 11.5. The van der Waals surface area contributed by atoms with Crippen LogP contribution in [0.15, 0.2) is 24.3 Å². The number of aliphatic hydroxyl groups is 1. The molecule has 1 saturated heterocycles. The molecule has 112 valence electrons. The minimum atomic E-state index is -0.412. The molecule has 20 heavy (non-hydrogen) atoms. The van der Waals surface area contributed by atoms with E-state index in [2.05, 4.69) is 10.6 Å². The molecule has 1 amide bonds. The Morgan fingerprint density at radius 1 is 1.50 bits per heavy atom. The summed E-state index contributed by atoms with van der Waals surface area (Å²) in [5, 5.41) is 15.2. The fourth-order valence-corrected chi connectivity index (χ4v) is 2.27. The van der Waals surface area contributed by atoms with E-state index < -0.39 is 6.10 Å². The summed E-state index contributed by atoms with van der Waals surface area (Å²) in [5.74, 6) is 0.789. The fourth-order valence-electron chi connectivity index (χ4n) is 2.27. The number of methoxy groups -OCH3 is 1. The van der Waals surface area contributed by atoms with Gasteiger partial charge in [-0.3, -0.25) is 4.79 Å². The summed E-state index contributed by atoms with van der Waals surface area (Å²) in [6.45, 7) is 1.05. The molecule has 0 saturated carbocycles. The second-order valence-corrected chi connectivity index (χ2v) is 4.70. The van der Waals surface area contributed by atoms with Gasteiger partial charge in [-0.15, -0.1) is 12.4 Å². The van der Waals surface area contributed by atoms with E-state index in [9.17, 15) is 9.90 Å². The van der Waals surface area contributed by atoms with E-state index in [1.165, 1.54) is 0 Å². The third-order valence-electron chi connectivity index (χ3n) is 3.31. The molecule has 2 unspecified atom stereocenters. The van der Waals surface area contributed by atoms with Crippen molar-refractivity contribution in [1.82, 2.24) is 10.6 Å². The van der Waals surface area contributed by atoms with E-state index >= 15 is 0 Å². The molecule has 0 spiro atoms. The van der Waals surface area contributed by atoms with Crippen molar-refractivity contribution in [3.63, 3.8) is 0 Å². The molecule has 1 aliphatic heterocycles. The van der Waals surface area contributed by atoms with Crippen molar-refractivity contribution in [3.05, 3.63) is 29.8 Å². The average molecular weight is 301 g/mol. The van der Waals surface area contributed by atoms with Crippen molar-refractivity contribution in [1.29, 1.82) is 0 Å². The first-order valence-corrected chi connectivity index (χ1v) is 6.51. The number of para-hydroxylation sites is 1. The maximum Gasteiger partial charge on any atom is 0.237 e.